The third-order valence-electron chi connectivity index (χ3n) is 2.98. The molecule has 1 amide bonds. The number of hydrogen-bond donors (Lipinski definition) is 2. The van der Waals surface area contributed by atoms with Crippen molar-refractivity contribution in [1.82, 2.24) is 5.32 Å². The average molecular weight is 154 g/mol. The van der Waals surface area contributed by atoms with Crippen molar-refractivity contribution in [2.75, 3.05) is 0 Å². The molecule has 62 valence electrons. The molecule has 0 aromatic heterocycles. The van der Waals surface area contributed by atoms with Gasteiger partial charge in [-0.15, -0.1) is 0 Å². The molecule has 3 atom stereocenters. The smallest absolute Gasteiger partial charge is 0.225 e. The molecule has 0 aromatic rings. The first-order valence-electron chi connectivity index (χ1n) is 4.18. The van der Waals surface area contributed by atoms with Gasteiger partial charge in [0.25, 0.3) is 0 Å². The standard InChI is InChI=1S/C8H14N2O/c1-8-3-2-6(9)5(4-8)7(11)10-8/h5-6H,2-4,9H2,1H3,(H,10,11)/t5-,6-,8+/m0/s1. The molecule has 3 N–H and O–H groups in total. The maximum atomic E-state index is 11.3. The van der Waals surface area contributed by atoms with Crippen LogP contribution in [0.2, 0.25) is 0 Å². The van der Waals surface area contributed by atoms with Crippen LogP contribution in [0, 0.1) is 5.92 Å². The van der Waals surface area contributed by atoms with Crippen molar-refractivity contribution in [2.45, 2.75) is 37.8 Å². The summed E-state index contributed by atoms with van der Waals surface area (Å²) in [5.41, 5.74) is 5.87. The summed E-state index contributed by atoms with van der Waals surface area (Å²) in [7, 11) is 0. The van der Waals surface area contributed by atoms with Crippen molar-refractivity contribution in [2.24, 2.45) is 11.7 Å². The van der Waals surface area contributed by atoms with Crippen LogP contribution < -0.4 is 11.1 Å². The van der Waals surface area contributed by atoms with Crippen LogP contribution in [0.5, 0.6) is 0 Å². The van der Waals surface area contributed by atoms with E-state index >= 15 is 0 Å². The molecule has 2 fully saturated rings. The van der Waals surface area contributed by atoms with Gasteiger partial charge in [-0.25, -0.2) is 0 Å². The maximum absolute atomic E-state index is 11.3. The Balaban J connectivity index is 2.24. The zero-order valence-electron chi connectivity index (χ0n) is 6.76. The van der Waals surface area contributed by atoms with Crippen molar-refractivity contribution in [3.63, 3.8) is 0 Å². The Morgan fingerprint density at radius 3 is 3.09 bits per heavy atom. The van der Waals surface area contributed by atoms with E-state index in [0.717, 1.165) is 19.3 Å². The molecular formula is C8H14N2O. The SMILES string of the molecule is C[C@@]12CC[C@H](N)[C@H](C1)C(=O)N2. The van der Waals surface area contributed by atoms with Crippen LogP contribution in [0.1, 0.15) is 26.2 Å². The molecule has 2 rings (SSSR count). The number of rotatable bonds is 0. The minimum absolute atomic E-state index is 0.0671. The molecule has 0 spiro atoms. The Hall–Kier alpha value is -0.570. The average Bonchev–Trinajstić information content (AvgIpc) is 2.18. The fourth-order valence-electron chi connectivity index (χ4n) is 2.22. The predicted molar refractivity (Wildman–Crippen MR) is 41.9 cm³/mol. The van der Waals surface area contributed by atoms with Gasteiger partial charge in [0.2, 0.25) is 5.91 Å². The monoisotopic (exact) mass is 154 g/mol. The van der Waals surface area contributed by atoms with Gasteiger partial charge in [-0.3, -0.25) is 4.79 Å². The molecule has 1 aliphatic heterocycles. The highest BCUT2D eigenvalue weighted by Crippen LogP contribution is 2.36. The fourth-order valence-corrected chi connectivity index (χ4v) is 2.22. The second-order valence-electron chi connectivity index (χ2n) is 4.06. The zero-order chi connectivity index (χ0) is 8.06. The van der Waals surface area contributed by atoms with Gasteiger partial charge in [0.1, 0.15) is 0 Å². The molecule has 0 aromatic carbocycles. The van der Waals surface area contributed by atoms with E-state index in [1.807, 2.05) is 0 Å². The third kappa shape index (κ3) is 0.948. The van der Waals surface area contributed by atoms with Crippen LogP contribution in [0.4, 0.5) is 0 Å². The van der Waals surface area contributed by atoms with Crippen LogP contribution in [-0.2, 0) is 4.79 Å². The summed E-state index contributed by atoms with van der Waals surface area (Å²) in [6.45, 7) is 2.11. The molecule has 1 saturated carbocycles. The van der Waals surface area contributed by atoms with Gasteiger partial charge in [-0.05, 0) is 26.2 Å². The lowest BCUT2D eigenvalue weighted by Gasteiger charge is -2.30. The van der Waals surface area contributed by atoms with Gasteiger partial charge in [-0.1, -0.05) is 0 Å². The lowest BCUT2D eigenvalue weighted by molar-refractivity contribution is -0.122. The minimum atomic E-state index is 0.0671. The van der Waals surface area contributed by atoms with Crippen LogP contribution in [0.25, 0.3) is 0 Å². The van der Waals surface area contributed by atoms with Crippen molar-refractivity contribution >= 4 is 5.91 Å². The largest absolute Gasteiger partial charge is 0.351 e. The molecule has 1 aliphatic carbocycles. The number of nitrogens with one attached hydrogen (secondary N) is 1. The molecule has 1 heterocycles. The molecular weight excluding hydrogens is 140 g/mol. The summed E-state index contributed by atoms with van der Waals surface area (Å²) >= 11 is 0. The van der Waals surface area contributed by atoms with Crippen LogP contribution in [0.15, 0.2) is 0 Å². The Morgan fingerprint density at radius 2 is 2.45 bits per heavy atom. The van der Waals surface area contributed by atoms with Crippen molar-refractivity contribution in [1.29, 1.82) is 0 Å². The number of amides is 1. The highest BCUT2D eigenvalue weighted by atomic mass is 16.2. The predicted octanol–water partition coefficient (Wildman–Crippen LogP) is 0.00230. The Kier molecular flexibility index (Phi) is 1.27. The fraction of sp³-hybridized carbons (Fsp3) is 0.875. The number of fused-ring (bicyclic) bond motifs is 2. The zero-order valence-corrected chi connectivity index (χ0v) is 6.76. The Morgan fingerprint density at radius 1 is 1.73 bits per heavy atom. The second-order valence-corrected chi connectivity index (χ2v) is 4.06. The molecule has 3 heteroatoms. The van der Waals surface area contributed by atoms with Crippen LogP contribution >= 0.6 is 0 Å². The number of carbonyl (C=O) groups excluding carboxylic acids is 1. The summed E-state index contributed by atoms with van der Waals surface area (Å²) in [6.07, 6.45) is 2.96. The van der Waals surface area contributed by atoms with Crippen molar-refractivity contribution in [3.05, 3.63) is 0 Å². The topological polar surface area (TPSA) is 55.1 Å². The van der Waals surface area contributed by atoms with Gasteiger partial charge in [0, 0.05) is 11.6 Å². The van der Waals surface area contributed by atoms with Gasteiger partial charge >= 0.3 is 0 Å². The highest BCUT2D eigenvalue weighted by Gasteiger charge is 2.46. The summed E-state index contributed by atoms with van der Waals surface area (Å²) in [6, 6.07) is 0.102. The van der Waals surface area contributed by atoms with E-state index in [-0.39, 0.29) is 23.4 Å². The van der Waals surface area contributed by atoms with E-state index in [9.17, 15) is 4.79 Å². The summed E-state index contributed by atoms with van der Waals surface area (Å²) < 4.78 is 0. The van der Waals surface area contributed by atoms with Gasteiger partial charge in [-0.2, -0.15) is 0 Å². The Labute approximate surface area is 66.3 Å². The minimum Gasteiger partial charge on any atom is -0.351 e. The first-order chi connectivity index (χ1) is 5.11. The van der Waals surface area contributed by atoms with Gasteiger partial charge < -0.3 is 11.1 Å². The van der Waals surface area contributed by atoms with E-state index in [0.29, 0.717) is 0 Å². The number of carbonyl (C=O) groups is 1. The maximum Gasteiger partial charge on any atom is 0.225 e. The highest BCUT2D eigenvalue weighted by molar-refractivity contribution is 5.83. The van der Waals surface area contributed by atoms with E-state index in [4.69, 9.17) is 5.73 Å². The first kappa shape index (κ1) is 7.10. The molecule has 1 saturated heterocycles. The molecule has 11 heavy (non-hydrogen) atoms. The van der Waals surface area contributed by atoms with E-state index in [1.165, 1.54) is 0 Å². The van der Waals surface area contributed by atoms with Crippen LogP contribution in [0.3, 0.4) is 0 Å². The van der Waals surface area contributed by atoms with Crippen molar-refractivity contribution < 1.29 is 4.79 Å². The molecule has 0 radical (unpaired) electrons. The summed E-state index contributed by atoms with van der Waals surface area (Å²) in [4.78, 5) is 11.3. The lowest BCUT2D eigenvalue weighted by Crippen LogP contribution is -2.40. The number of nitrogens with two attached hydrogens (primary N) is 1. The van der Waals surface area contributed by atoms with Crippen LogP contribution in [-0.4, -0.2) is 17.5 Å². The van der Waals surface area contributed by atoms with Gasteiger partial charge in [0.15, 0.2) is 0 Å². The lowest BCUT2D eigenvalue weighted by atomic mass is 9.79. The molecule has 2 bridgehead atoms. The molecule has 3 nitrogen and oxygen atoms in total. The molecule has 0 unspecified atom stereocenters. The van der Waals surface area contributed by atoms with Gasteiger partial charge in [0.05, 0.1) is 5.92 Å². The normalized spacial score (nSPS) is 49.1. The quantitative estimate of drug-likeness (QED) is 0.516. The summed E-state index contributed by atoms with van der Waals surface area (Å²) in [5.74, 6) is 0.256. The first-order valence-corrected chi connectivity index (χ1v) is 4.18. The second kappa shape index (κ2) is 1.97. The van der Waals surface area contributed by atoms with Crippen molar-refractivity contribution in [3.8, 4) is 0 Å². The van der Waals surface area contributed by atoms with E-state index in [1.54, 1.807) is 0 Å². The van der Waals surface area contributed by atoms with E-state index in [2.05, 4.69) is 12.2 Å². The summed E-state index contributed by atoms with van der Waals surface area (Å²) in [5, 5.41) is 3.00. The third-order valence-corrected chi connectivity index (χ3v) is 2.98. The number of hydrogen-bond acceptors (Lipinski definition) is 2. The van der Waals surface area contributed by atoms with E-state index < -0.39 is 0 Å². The molecule has 2 aliphatic rings. The Bertz CT molecular complexity index is 204.